The van der Waals surface area contributed by atoms with Gasteiger partial charge >= 0.3 is 0 Å². The van der Waals surface area contributed by atoms with Crippen molar-refractivity contribution in [2.75, 3.05) is 15.8 Å². The molecule has 0 atom stereocenters. The lowest BCUT2D eigenvalue weighted by Crippen LogP contribution is -2.15. The molecule has 1 amide bonds. The Kier molecular flexibility index (Phi) is 5.81. The van der Waals surface area contributed by atoms with Crippen LogP contribution in [0.4, 0.5) is 11.4 Å². The van der Waals surface area contributed by atoms with E-state index in [0.717, 1.165) is 18.4 Å². The predicted molar refractivity (Wildman–Crippen MR) is 109 cm³/mol. The number of nitrogens with one attached hydrogen (secondary N) is 3. The number of aromatic nitrogens is 1. The average Bonchev–Trinajstić information content (AvgIpc) is 3.06. The van der Waals surface area contributed by atoms with Crippen molar-refractivity contribution in [1.82, 2.24) is 4.98 Å². The van der Waals surface area contributed by atoms with Gasteiger partial charge in [-0.05, 0) is 55.7 Å². The normalized spacial score (nSPS) is 11.4. The Labute approximate surface area is 159 Å². The van der Waals surface area contributed by atoms with Crippen molar-refractivity contribution in [3.63, 3.8) is 0 Å². The van der Waals surface area contributed by atoms with Crippen molar-refractivity contribution in [3.05, 3.63) is 60.3 Å². The first-order valence-electron chi connectivity index (χ1n) is 8.92. The summed E-state index contributed by atoms with van der Waals surface area (Å²) in [5.41, 5.74) is 3.45. The number of aryl methyl sites for hydroxylation is 1. The molecular weight excluding hydrogens is 362 g/mol. The van der Waals surface area contributed by atoms with Crippen molar-refractivity contribution in [3.8, 4) is 0 Å². The first kappa shape index (κ1) is 19.0. The van der Waals surface area contributed by atoms with Crippen LogP contribution >= 0.6 is 0 Å². The number of rotatable bonds is 8. The molecule has 0 aliphatic rings. The lowest BCUT2D eigenvalue weighted by atomic mass is 10.1. The van der Waals surface area contributed by atoms with E-state index in [1.165, 1.54) is 10.9 Å². The van der Waals surface area contributed by atoms with Gasteiger partial charge in [-0.3, -0.25) is 9.52 Å². The van der Waals surface area contributed by atoms with Crippen molar-refractivity contribution in [2.24, 2.45) is 0 Å². The molecule has 0 unspecified atom stereocenters. The largest absolute Gasteiger partial charge is 0.361 e. The second-order valence-corrected chi connectivity index (χ2v) is 8.36. The molecule has 6 nitrogen and oxygen atoms in total. The van der Waals surface area contributed by atoms with E-state index in [-0.39, 0.29) is 11.7 Å². The SMILES string of the molecule is CCS(=O)(=O)Nc1ccc(NC(=O)CCCc2c[nH]c3ccccc23)cc1. The molecule has 27 heavy (non-hydrogen) atoms. The molecule has 2 aromatic carbocycles. The highest BCUT2D eigenvalue weighted by atomic mass is 32.2. The van der Waals surface area contributed by atoms with Gasteiger partial charge < -0.3 is 10.3 Å². The molecule has 142 valence electrons. The van der Waals surface area contributed by atoms with Gasteiger partial charge in [-0.1, -0.05) is 18.2 Å². The molecule has 0 radical (unpaired) electrons. The first-order valence-corrected chi connectivity index (χ1v) is 10.6. The zero-order chi connectivity index (χ0) is 19.3. The Hall–Kier alpha value is -2.80. The number of carbonyl (C=O) groups excluding carboxylic acids is 1. The Balaban J connectivity index is 1.49. The van der Waals surface area contributed by atoms with E-state index in [1.807, 2.05) is 24.4 Å². The highest BCUT2D eigenvalue weighted by Gasteiger charge is 2.08. The molecule has 0 bridgehead atoms. The Morgan fingerprint density at radius 1 is 1.04 bits per heavy atom. The van der Waals surface area contributed by atoms with Gasteiger partial charge in [0.2, 0.25) is 15.9 Å². The summed E-state index contributed by atoms with van der Waals surface area (Å²) in [6.07, 6.45) is 4.00. The van der Waals surface area contributed by atoms with Crippen LogP contribution in [-0.4, -0.2) is 25.1 Å². The molecule has 1 heterocycles. The lowest BCUT2D eigenvalue weighted by Gasteiger charge is -2.08. The number of amides is 1. The minimum absolute atomic E-state index is 0.0158. The lowest BCUT2D eigenvalue weighted by molar-refractivity contribution is -0.116. The summed E-state index contributed by atoms with van der Waals surface area (Å²) in [5.74, 6) is -0.0428. The molecule has 0 saturated carbocycles. The predicted octanol–water partition coefficient (Wildman–Crippen LogP) is 3.89. The molecule has 1 aromatic heterocycles. The summed E-state index contributed by atoms with van der Waals surface area (Å²) in [4.78, 5) is 15.4. The van der Waals surface area contributed by atoms with E-state index >= 15 is 0 Å². The maximum Gasteiger partial charge on any atom is 0.232 e. The second kappa shape index (κ2) is 8.26. The molecule has 0 spiro atoms. The summed E-state index contributed by atoms with van der Waals surface area (Å²) < 4.78 is 25.6. The third kappa shape index (κ3) is 5.10. The highest BCUT2D eigenvalue weighted by Crippen LogP contribution is 2.20. The van der Waals surface area contributed by atoms with Crippen LogP contribution in [-0.2, 0) is 21.2 Å². The minimum atomic E-state index is -3.30. The van der Waals surface area contributed by atoms with Crippen LogP contribution in [0.1, 0.15) is 25.3 Å². The summed E-state index contributed by atoms with van der Waals surface area (Å²) >= 11 is 0. The number of hydrogen-bond acceptors (Lipinski definition) is 3. The Bertz CT molecular complexity index is 1020. The third-order valence-corrected chi connectivity index (χ3v) is 5.65. The molecule has 3 rings (SSSR count). The van der Waals surface area contributed by atoms with Crippen LogP contribution in [0.25, 0.3) is 10.9 Å². The fourth-order valence-electron chi connectivity index (χ4n) is 2.87. The van der Waals surface area contributed by atoms with Crippen molar-refractivity contribution >= 4 is 38.2 Å². The van der Waals surface area contributed by atoms with E-state index in [0.29, 0.717) is 17.8 Å². The zero-order valence-electron chi connectivity index (χ0n) is 15.2. The van der Waals surface area contributed by atoms with Gasteiger partial charge in [0.15, 0.2) is 0 Å². The minimum Gasteiger partial charge on any atom is -0.361 e. The van der Waals surface area contributed by atoms with E-state index in [4.69, 9.17) is 0 Å². The van der Waals surface area contributed by atoms with Gasteiger partial charge in [0.05, 0.1) is 5.75 Å². The van der Waals surface area contributed by atoms with E-state index in [9.17, 15) is 13.2 Å². The molecule has 0 aliphatic heterocycles. The second-order valence-electron chi connectivity index (χ2n) is 6.34. The number of hydrogen-bond donors (Lipinski definition) is 3. The van der Waals surface area contributed by atoms with Crippen LogP contribution in [0.15, 0.2) is 54.7 Å². The number of benzene rings is 2. The third-order valence-electron chi connectivity index (χ3n) is 4.35. The maximum atomic E-state index is 12.1. The van der Waals surface area contributed by atoms with Gasteiger partial charge in [0.1, 0.15) is 0 Å². The Morgan fingerprint density at radius 3 is 2.48 bits per heavy atom. The summed E-state index contributed by atoms with van der Waals surface area (Å²) in [6.45, 7) is 1.58. The monoisotopic (exact) mass is 385 g/mol. The number of anilines is 2. The molecule has 3 aromatic rings. The fraction of sp³-hybridized carbons (Fsp3) is 0.250. The number of H-pyrrole nitrogens is 1. The quantitative estimate of drug-likeness (QED) is 0.549. The van der Waals surface area contributed by atoms with Gasteiger partial charge in [-0.25, -0.2) is 8.42 Å². The van der Waals surface area contributed by atoms with Crippen molar-refractivity contribution < 1.29 is 13.2 Å². The number of sulfonamides is 1. The smallest absolute Gasteiger partial charge is 0.232 e. The number of carbonyl (C=O) groups is 1. The molecular formula is C20H23N3O3S. The number of fused-ring (bicyclic) bond motifs is 1. The molecule has 0 fully saturated rings. The van der Waals surface area contributed by atoms with Crippen LogP contribution in [0.2, 0.25) is 0 Å². The molecule has 7 heteroatoms. The molecule has 0 saturated heterocycles. The Morgan fingerprint density at radius 2 is 1.74 bits per heavy atom. The summed E-state index contributed by atoms with van der Waals surface area (Å²) in [7, 11) is -3.30. The van der Waals surface area contributed by atoms with Crippen LogP contribution in [0.5, 0.6) is 0 Å². The fourth-order valence-corrected chi connectivity index (χ4v) is 3.51. The van der Waals surface area contributed by atoms with Gasteiger partial charge in [-0.15, -0.1) is 0 Å². The van der Waals surface area contributed by atoms with Gasteiger partial charge in [0, 0.05) is 34.9 Å². The first-order chi connectivity index (χ1) is 13.0. The highest BCUT2D eigenvalue weighted by molar-refractivity contribution is 7.92. The summed E-state index contributed by atoms with van der Waals surface area (Å²) in [5, 5.41) is 4.04. The van der Waals surface area contributed by atoms with E-state index < -0.39 is 10.0 Å². The van der Waals surface area contributed by atoms with Crippen LogP contribution < -0.4 is 10.0 Å². The zero-order valence-corrected chi connectivity index (χ0v) is 16.0. The molecule has 0 aliphatic carbocycles. The number of para-hydroxylation sites is 1. The van der Waals surface area contributed by atoms with Crippen LogP contribution in [0, 0.1) is 0 Å². The van der Waals surface area contributed by atoms with E-state index in [2.05, 4.69) is 21.1 Å². The summed E-state index contributed by atoms with van der Waals surface area (Å²) in [6, 6.07) is 14.8. The standard InChI is InChI=1S/C20H23N3O3S/c1-2-27(25,26)23-17-12-10-16(11-13-17)22-20(24)9-5-6-15-14-21-19-8-4-3-7-18(15)19/h3-4,7-8,10-14,21,23H,2,5-6,9H2,1H3,(H,22,24). The molecule has 3 N–H and O–H groups in total. The number of aromatic amines is 1. The van der Waals surface area contributed by atoms with Crippen LogP contribution in [0.3, 0.4) is 0 Å². The van der Waals surface area contributed by atoms with Gasteiger partial charge in [-0.2, -0.15) is 0 Å². The van der Waals surface area contributed by atoms with E-state index in [1.54, 1.807) is 31.2 Å². The van der Waals surface area contributed by atoms with Crippen molar-refractivity contribution in [1.29, 1.82) is 0 Å². The average molecular weight is 385 g/mol. The topological polar surface area (TPSA) is 91.1 Å². The van der Waals surface area contributed by atoms with Crippen molar-refractivity contribution in [2.45, 2.75) is 26.2 Å². The van der Waals surface area contributed by atoms with Gasteiger partial charge in [0.25, 0.3) is 0 Å². The maximum absolute atomic E-state index is 12.1.